The minimum absolute atomic E-state index is 0.590. The van der Waals surface area contributed by atoms with E-state index in [1.807, 2.05) is 66.7 Å². The van der Waals surface area contributed by atoms with Crippen LogP contribution in [0, 0.1) is 0 Å². The summed E-state index contributed by atoms with van der Waals surface area (Å²) in [5.74, 6) is 1.84. The standard InChI is InChI=1S/C51H30N4O2/c1-3-11-31(12-4-1)49-52-50(32-13-5-2-6-14-32)54-51(53-49)35-20-24-39-41-27-33(21-25-45(41)56-48(39)29-35)34-19-23-40-42-30-36(22-26-46(42)57-47(40)28-34)55-43-17-9-7-15-37(43)38-16-8-10-18-44(38)55/h1-30H. The first kappa shape index (κ1) is 31.5. The van der Waals surface area contributed by atoms with Crippen LogP contribution in [0.2, 0.25) is 0 Å². The van der Waals surface area contributed by atoms with Crippen LogP contribution in [0.25, 0.3) is 117 Å². The van der Waals surface area contributed by atoms with Crippen molar-refractivity contribution in [1.29, 1.82) is 0 Å². The molecule has 0 aliphatic rings. The number of furan rings is 2. The molecule has 0 aliphatic heterocycles. The van der Waals surface area contributed by atoms with Gasteiger partial charge in [-0.2, -0.15) is 0 Å². The molecule has 4 aromatic heterocycles. The Morgan fingerprint density at radius 1 is 0.298 bits per heavy atom. The van der Waals surface area contributed by atoms with E-state index in [1.165, 1.54) is 21.8 Å². The normalized spacial score (nSPS) is 11.9. The number of hydrogen-bond donors (Lipinski definition) is 0. The lowest BCUT2D eigenvalue weighted by Crippen LogP contribution is -2.00. The molecule has 57 heavy (non-hydrogen) atoms. The van der Waals surface area contributed by atoms with Gasteiger partial charge in [-0.05, 0) is 77.9 Å². The van der Waals surface area contributed by atoms with Crippen molar-refractivity contribution < 1.29 is 8.83 Å². The Morgan fingerprint density at radius 3 is 1.37 bits per heavy atom. The van der Waals surface area contributed by atoms with Gasteiger partial charge in [0.25, 0.3) is 0 Å². The third-order valence-corrected chi connectivity index (χ3v) is 11.1. The summed E-state index contributed by atoms with van der Waals surface area (Å²) in [6, 6.07) is 62.8. The van der Waals surface area contributed by atoms with Crippen LogP contribution in [0.3, 0.4) is 0 Å². The molecule has 8 aromatic carbocycles. The fourth-order valence-electron chi connectivity index (χ4n) is 8.32. The van der Waals surface area contributed by atoms with Crippen molar-refractivity contribution in [2.24, 2.45) is 0 Å². The molecule has 12 rings (SSSR count). The maximum absolute atomic E-state index is 6.49. The van der Waals surface area contributed by atoms with Gasteiger partial charge in [0.2, 0.25) is 0 Å². The Hall–Kier alpha value is -7.83. The van der Waals surface area contributed by atoms with E-state index < -0.39 is 0 Å². The van der Waals surface area contributed by atoms with E-state index in [0.29, 0.717) is 17.5 Å². The summed E-state index contributed by atoms with van der Waals surface area (Å²) in [6.45, 7) is 0. The van der Waals surface area contributed by atoms with Crippen molar-refractivity contribution in [2.45, 2.75) is 0 Å². The molecule has 6 heteroatoms. The monoisotopic (exact) mass is 730 g/mol. The van der Waals surface area contributed by atoms with Gasteiger partial charge in [0.15, 0.2) is 17.5 Å². The van der Waals surface area contributed by atoms with E-state index in [1.54, 1.807) is 0 Å². The van der Waals surface area contributed by atoms with E-state index in [-0.39, 0.29) is 0 Å². The van der Waals surface area contributed by atoms with Gasteiger partial charge in [-0.1, -0.05) is 115 Å². The SMILES string of the molecule is c1ccc(-c2nc(-c3ccccc3)nc(-c3ccc4c(c3)oc3ccc(-c5ccc6c(c5)oc5ccc(-n7c8ccccc8c8ccccc87)cc56)cc34)n2)cc1. The first-order valence-corrected chi connectivity index (χ1v) is 19.0. The lowest BCUT2D eigenvalue weighted by Gasteiger charge is -2.08. The van der Waals surface area contributed by atoms with Crippen LogP contribution in [0.1, 0.15) is 0 Å². The van der Waals surface area contributed by atoms with Gasteiger partial charge in [-0.25, -0.2) is 15.0 Å². The summed E-state index contributed by atoms with van der Waals surface area (Å²) < 4.78 is 15.3. The molecule has 0 bridgehead atoms. The van der Waals surface area contributed by atoms with Gasteiger partial charge >= 0.3 is 0 Å². The van der Waals surface area contributed by atoms with Crippen molar-refractivity contribution in [3.8, 4) is 51.0 Å². The molecule has 266 valence electrons. The van der Waals surface area contributed by atoms with Gasteiger partial charge in [0.1, 0.15) is 22.3 Å². The summed E-state index contributed by atoms with van der Waals surface area (Å²) in [6.07, 6.45) is 0. The molecule has 0 aliphatic carbocycles. The van der Waals surface area contributed by atoms with E-state index in [0.717, 1.165) is 77.4 Å². The quantitative estimate of drug-likeness (QED) is 0.176. The lowest BCUT2D eigenvalue weighted by atomic mass is 10.0. The third-order valence-electron chi connectivity index (χ3n) is 11.1. The highest BCUT2D eigenvalue weighted by atomic mass is 16.3. The highest BCUT2D eigenvalue weighted by Gasteiger charge is 2.17. The Bertz CT molecular complexity index is 3410. The first-order valence-electron chi connectivity index (χ1n) is 19.0. The third kappa shape index (κ3) is 5.08. The Morgan fingerprint density at radius 2 is 0.754 bits per heavy atom. The zero-order chi connectivity index (χ0) is 37.5. The molecule has 0 radical (unpaired) electrons. The molecule has 0 saturated heterocycles. The molecule has 0 N–H and O–H groups in total. The molecule has 4 heterocycles. The van der Waals surface area contributed by atoms with Crippen molar-refractivity contribution >= 4 is 65.7 Å². The van der Waals surface area contributed by atoms with Gasteiger partial charge < -0.3 is 13.4 Å². The van der Waals surface area contributed by atoms with E-state index >= 15 is 0 Å². The van der Waals surface area contributed by atoms with E-state index in [4.69, 9.17) is 23.8 Å². The van der Waals surface area contributed by atoms with Gasteiger partial charge in [0, 0.05) is 54.7 Å². The van der Waals surface area contributed by atoms with E-state index in [2.05, 4.69) is 120 Å². The lowest BCUT2D eigenvalue weighted by molar-refractivity contribution is 0.669. The van der Waals surface area contributed by atoms with Crippen molar-refractivity contribution in [1.82, 2.24) is 19.5 Å². The summed E-state index contributed by atoms with van der Waals surface area (Å²) in [7, 11) is 0. The molecule has 0 fully saturated rings. The second-order valence-electron chi connectivity index (χ2n) is 14.4. The maximum Gasteiger partial charge on any atom is 0.164 e. The first-order chi connectivity index (χ1) is 28.2. The summed E-state index contributed by atoms with van der Waals surface area (Å²) in [5, 5.41) is 6.74. The molecule has 0 atom stereocenters. The molecular weight excluding hydrogens is 701 g/mol. The number of hydrogen-bond acceptors (Lipinski definition) is 5. The van der Waals surface area contributed by atoms with Crippen LogP contribution in [-0.2, 0) is 0 Å². The summed E-state index contributed by atoms with van der Waals surface area (Å²) in [5.41, 5.74) is 11.7. The van der Waals surface area contributed by atoms with Gasteiger partial charge in [0.05, 0.1) is 11.0 Å². The van der Waals surface area contributed by atoms with Crippen LogP contribution >= 0.6 is 0 Å². The number of para-hydroxylation sites is 2. The molecular formula is C51H30N4O2. The number of fused-ring (bicyclic) bond motifs is 9. The van der Waals surface area contributed by atoms with E-state index in [9.17, 15) is 0 Å². The van der Waals surface area contributed by atoms with Crippen molar-refractivity contribution in [3.63, 3.8) is 0 Å². The summed E-state index contributed by atoms with van der Waals surface area (Å²) in [4.78, 5) is 14.7. The molecule has 0 amide bonds. The van der Waals surface area contributed by atoms with Crippen molar-refractivity contribution in [3.05, 3.63) is 182 Å². The van der Waals surface area contributed by atoms with Gasteiger partial charge in [-0.3, -0.25) is 0 Å². The van der Waals surface area contributed by atoms with Crippen LogP contribution in [-0.4, -0.2) is 19.5 Å². The van der Waals surface area contributed by atoms with Gasteiger partial charge in [-0.15, -0.1) is 0 Å². The minimum atomic E-state index is 0.590. The zero-order valence-electron chi connectivity index (χ0n) is 30.4. The minimum Gasteiger partial charge on any atom is -0.456 e. The number of rotatable bonds is 5. The Balaban J connectivity index is 0.922. The Labute approximate surface area is 325 Å². The number of nitrogens with zero attached hydrogens (tertiary/aromatic N) is 4. The fourth-order valence-corrected chi connectivity index (χ4v) is 8.32. The fraction of sp³-hybridized carbons (Fsp3) is 0. The average molecular weight is 731 g/mol. The largest absolute Gasteiger partial charge is 0.456 e. The summed E-state index contributed by atoms with van der Waals surface area (Å²) >= 11 is 0. The maximum atomic E-state index is 6.49. The number of benzene rings is 8. The molecule has 12 aromatic rings. The highest BCUT2D eigenvalue weighted by Crippen LogP contribution is 2.39. The van der Waals surface area contributed by atoms with Crippen LogP contribution in [0.5, 0.6) is 0 Å². The molecule has 0 unspecified atom stereocenters. The smallest absolute Gasteiger partial charge is 0.164 e. The van der Waals surface area contributed by atoms with Crippen LogP contribution in [0.4, 0.5) is 0 Å². The predicted molar refractivity (Wildman–Crippen MR) is 230 cm³/mol. The predicted octanol–water partition coefficient (Wildman–Crippen LogP) is 13.4. The molecule has 0 saturated carbocycles. The molecule has 6 nitrogen and oxygen atoms in total. The topological polar surface area (TPSA) is 69.9 Å². The Kier molecular flexibility index (Phi) is 6.83. The molecule has 0 spiro atoms. The van der Waals surface area contributed by atoms with Crippen LogP contribution in [0.15, 0.2) is 191 Å². The zero-order valence-corrected chi connectivity index (χ0v) is 30.4. The second kappa shape index (κ2) is 12.3. The average Bonchev–Trinajstić information content (AvgIpc) is 3.95. The number of aromatic nitrogens is 4. The van der Waals surface area contributed by atoms with Crippen molar-refractivity contribution in [2.75, 3.05) is 0 Å². The highest BCUT2D eigenvalue weighted by molar-refractivity contribution is 6.11. The van der Waals surface area contributed by atoms with Crippen LogP contribution < -0.4 is 0 Å². The second-order valence-corrected chi connectivity index (χ2v) is 14.4.